The van der Waals surface area contributed by atoms with Gasteiger partial charge in [-0.3, -0.25) is 4.79 Å². The number of hydrogen-bond donors (Lipinski definition) is 0. The van der Waals surface area contributed by atoms with Crippen molar-refractivity contribution in [1.29, 1.82) is 0 Å². The number of nitrogens with zero attached hydrogens (tertiary/aromatic N) is 3. The molecule has 29 heavy (non-hydrogen) atoms. The Kier molecular flexibility index (Phi) is 6.21. The molecule has 0 spiro atoms. The quantitative estimate of drug-likeness (QED) is 0.501. The summed E-state index contributed by atoms with van der Waals surface area (Å²) in [5.74, 6) is 0.137. The molecule has 0 atom stereocenters. The van der Waals surface area contributed by atoms with Gasteiger partial charge in [0, 0.05) is 0 Å². The number of carbonyl (C=O) groups excluding carboxylic acids is 1. The SMILES string of the molecule is CCOC(=O)Cn1cc(COc2ccc(B3OC(C)(C)C(C)(C)O3)cc2Cl)nn1. The lowest BCUT2D eigenvalue weighted by Gasteiger charge is -2.32. The van der Waals surface area contributed by atoms with Crippen molar-refractivity contribution in [2.45, 2.75) is 59.0 Å². The van der Waals surface area contributed by atoms with Gasteiger partial charge in [-0.1, -0.05) is 22.9 Å². The topological polar surface area (TPSA) is 84.7 Å². The van der Waals surface area contributed by atoms with Gasteiger partial charge in [0.25, 0.3) is 0 Å². The highest BCUT2D eigenvalue weighted by Crippen LogP contribution is 2.37. The Hall–Kier alpha value is -2.10. The van der Waals surface area contributed by atoms with Crippen molar-refractivity contribution in [2.24, 2.45) is 0 Å². The summed E-state index contributed by atoms with van der Waals surface area (Å²) in [6.45, 7) is 10.2. The predicted molar refractivity (Wildman–Crippen MR) is 108 cm³/mol. The van der Waals surface area contributed by atoms with Gasteiger partial charge < -0.3 is 18.8 Å². The van der Waals surface area contributed by atoms with Gasteiger partial charge in [-0.05, 0) is 52.2 Å². The van der Waals surface area contributed by atoms with Gasteiger partial charge in [0.1, 0.15) is 24.6 Å². The highest BCUT2D eigenvalue weighted by atomic mass is 35.5. The smallest absolute Gasteiger partial charge is 0.486 e. The Labute approximate surface area is 175 Å². The minimum Gasteiger partial charge on any atom is -0.486 e. The summed E-state index contributed by atoms with van der Waals surface area (Å²) in [6, 6.07) is 5.41. The first-order valence-electron chi connectivity index (χ1n) is 9.44. The Morgan fingerprint density at radius 2 is 1.93 bits per heavy atom. The van der Waals surface area contributed by atoms with Crippen molar-refractivity contribution in [1.82, 2.24) is 15.0 Å². The summed E-state index contributed by atoms with van der Waals surface area (Å²) in [5.41, 5.74) is 0.547. The van der Waals surface area contributed by atoms with Crippen LogP contribution in [0.25, 0.3) is 0 Å². The lowest BCUT2D eigenvalue weighted by Crippen LogP contribution is -2.41. The molecular weight excluding hydrogens is 396 g/mol. The monoisotopic (exact) mass is 421 g/mol. The van der Waals surface area contributed by atoms with Crippen LogP contribution in [0, 0.1) is 0 Å². The first-order valence-corrected chi connectivity index (χ1v) is 9.81. The molecule has 0 unspecified atom stereocenters. The minimum absolute atomic E-state index is 0.00434. The van der Waals surface area contributed by atoms with E-state index in [1.54, 1.807) is 25.3 Å². The fourth-order valence-electron chi connectivity index (χ4n) is 2.73. The third-order valence-corrected chi connectivity index (χ3v) is 5.33. The van der Waals surface area contributed by atoms with E-state index >= 15 is 0 Å². The molecule has 2 aromatic rings. The molecule has 8 nitrogen and oxygen atoms in total. The number of benzene rings is 1. The predicted octanol–water partition coefficient (Wildman–Crippen LogP) is 2.37. The van der Waals surface area contributed by atoms with E-state index in [2.05, 4.69) is 10.3 Å². The van der Waals surface area contributed by atoms with E-state index in [4.69, 9.17) is 30.4 Å². The number of aromatic nitrogens is 3. The Bertz CT molecular complexity index is 870. The van der Waals surface area contributed by atoms with Crippen LogP contribution >= 0.6 is 11.6 Å². The molecule has 0 bridgehead atoms. The van der Waals surface area contributed by atoms with E-state index in [1.165, 1.54) is 4.68 Å². The van der Waals surface area contributed by atoms with Crippen LogP contribution < -0.4 is 10.2 Å². The van der Waals surface area contributed by atoms with Gasteiger partial charge in [0.05, 0.1) is 29.0 Å². The first kappa shape index (κ1) is 21.6. The van der Waals surface area contributed by atoms with Gasteiger partial charge >= 0.3 is 13.1 Å². The molecule has 1 aliphatic rings. The molecule has 1 saturated heterocycles. The number of hydrogen-bond acceptors (Lipinski definition) is 7. The van der Waals surface area contributed by atoms with E-state index in [9.17, 15) is 4.79 Å². The summed E-state index contributed by atoms with van der Waals surface area (Å²) in [4.78, 5) is 11.5. The first-order chi connectivity index (χ1) is 13.6. The largest absolute Gasteiger partial charge is 0.494 e. The maximum atomic E-state index is 11.5. The fourth-order valence-corrected chi connectivity index (χ4v) is 2.98. The average molecular weight is 422 g/mol. The van der Waals surface area contributed by atoms with E-state index in [0.29, 0.717) is 23.1 Å². The maximum Gasteiger partial charge on any atom is 0.494 e. The molecule has 10 heteroatoms. The molecule has 3 rings (SSSR count). The van der Waals surface area contributed by atoms with Crippen LogP contribution in [0.5, 0.6) is 5.75 Å². The summed E-state index contributed by atoms with van der Waals surface area (Å²) >= 11 is 6.39. The van der Waals surface area contributed by atoms with Crippen molar-refractivity contribution in [3.05, 3.63) is 35.1 Å². The lowest BCUT2D eigenvalue weighted by atomic mass is 9.79. The molecule has 0 aliphatic carbocycles. The standard InChI is InChI=1S/C19H25BClN3O5/c1-6-26-17(25)11-24-10-14(22-23-24)12-27-16-8-7-13(9-15(16)21)20-28-18(2,3)19(4,5)29-20/h7-10H,6,11-12H2,1-5H3. The van der Waals surface area contributed by atoms with Crippen LogP contribution in [-0.4, -0.2) is 45.9 Å². The summed E-state index contributed by atoms with van der Waals surface area (Å²) in [7, 11) is -0.491. The van der Waals surface area contributed by atoms with Crippen LogP contribution in [0.3, 0.4) is 0 Å². The molecule has 0 N–H and O–H groups in total. The molecule has 0 radical (unpaired) electrons. The van der Waals surface area contributed by atoms with Crippen molar-refractivity contribution < 1.29 is 23.6 Å². The van der Waals surface area contributed by atoms with Crippen molar-refractivity contribution >= 4 is 30.2 Å². The van der Waals surface area contributed by atoms with Crippen molar-refractivity contribution in [2.75, 3.05) is 6.61 Å². The number of rotatable bonds is 7. The molecule has 1 fully saturated rings. The van der Waals surface area contributed by atoms with E-state index in [0.717, 1.165) is 5.46 Å². The molecule has 0 amide bonds. The van der Waals surface area contributed by atoms with Crippen LogP contribution in [0.1, 0.15) is 40.3 Å². The van der Waals surface area contributed by atoms with E-state index in [-0.39, 0.29) is 19.1 Å². The highest BCUT2D eigenvalue weighted by molar-refractivity contribution is 6.62. The summed E-state index contributed by atoms with van der Waals surface area (Å²) < 4.78 is 24.1. The van der Waals surface area contributed by atoms with Crippen LogP contribution in [-0.2, 0) is 32.0 Å². The van der Waals surface area contributed by atoms with Crippen LogP contribution in [0.4, 0.5) is 0 Å². The number of ether oxygens (including phenoxy) is 2. The molecule has 1 aromatic carbocycles. The fraction of sp³-hybridized carbons (Fsp3) is 0.526. The number of esters is 1. The average Bonchev–Trinajstić information content (AvgIpc) is 3.15. The van der Waals surface area contributed by atoms with Gasteiger partial charge in [-0.25, -0.2) is 4.68 Å². The van der Waals surface area contributed by atoms with Crippen LogP contribution in [0.2, 0.25) is 5.02 Å². The zero-order valence-electron chi connectivity index (χ0n) is 17.3. The zero-order chi connectivity index (χ0) is 21.2. The minimum atomic E-state index is -0.491. The molecule has 1 aliphatic heterocycles. The summed E-state index contributed by atoms with van der Waals surface area (Å²) in [6.07, 6.45) is 1.63. The van der Waals surface area contributed by atoms with Gasteiger partial charge in [-0.2, -0.15) is 0 Å². The normalized spacial score (nSPS) is 17.4. The molecule has 156 valence electrons. The van der Waals surface area contributed by atoms with Gasteiger partial charge in [-0.15, -0.1) is 5.10 Å². The van der Waals surface area contributed by atoms with E-state index in [1.807, 2.05) is 33.8 Å². The Morgan fingerprint density at radius 1 is 1.24 bits per heavy atom. The molecule has 1 aromatic heterocycles. The van der Waals surface area contributed by atoms with E-state index < -0.39 is 18.3 Å². The Morgan fingerprint density at radius 3 is 2.55 bits per heavy atom. The molecule has 2 heterocycles. The van der Waals surface area contributed by atoms with Crippen molar-refractivity contribution in [3.8, 4) is 5.75 Å². The van der Waals surface area contributed by atoms with Crippen LogP contribution in [0.15, 0.2) is 24.4 Å². The van der Waals surface area contributed by atoms with Crippen molar-refractivity contribution in [3.63, 3.8) is 0 Å². The summed E-state index contributed by atoms with van der Waals surface area (Å²) in [5, 5.41) is 8.31. The third kappa shape index (κ3) is 4.91. The second-order valence-electron chi connectivity index (χ2n) is 7.78. The number of carbonyl (C=O) groups is 1. The second-order valence-corrected chi connectivity index (χ2v) is 8.19. The second kappa shape index (κ2) is 8.34. The molecule has 0 saturated carbocycles. The third-order valence-electron chi connectivity index (χ3n) is 5.04. The number of halogens is 1. The van der Waals surface area contributed by atoms with Gasteiger partial charge in [0.2, 0.25) is 0 Å². The highest BCUT2D eigenvalue weighted by Gasteiger charge is 2.51. The zero-order valence-corrected chi connectivity index (χ0v) is 18.0. The maximum absolute atomic E-state index is 11.5. The Balaban J connectivity index is 1.61. The molecular formula is C19H25BClN3O5. The van der Waals surface area contributed by atoms with Gasteiger partial charge in [0.15, 0.2) is 0 Å². The lowest BCUT2D eigenvalue weighted by molar-refractivity contribution is -0.144.